The molecule has 1 heterocycles. The maximum atomic E-state index is 14.0. The summed E-state index contributed by atoms with van der Waals surface area (Å²) in [5.41, 5.74) is 0.473. The van der Waals surface area contributed by atoms with E-state index in [4.69, 9.17) is 23.2 Å². The molecule has 35 heavy (non-hydrogen) atoms. The molecule has 0 aliphatic carbocycles. The highest BCUT2D eigenvalue weighted by Gasteiger charge is 2.26. The zero-order chi connectivity index (χ0) is 25.7. The minimum atomic E-state index is -0.533. The molecule has 12 heteroatoms. The third-order valence-corrected chi connectivity index (χ3v) is 7.21. The molecule has 2 amide bonds. The molecule has 0 bridgehead atoms. The van der Waals surface area contributed by atoms with E-state index < -0.39 is 11.9 Å². The summed E-state index contributed by atoms with van der Waals surface area (Å²) in [5, 5.41) is 15.3. The molecule has 1 atom stereocenters. The number of rotatable bonds is 9. The molecule has 1 aromatic heterocycles. The topological polar surface area (TPSA) is 88.9 Å². The van der Waals surface area contributed by atoms with Crippen LogP contribution in [0.2, 0.25) is 10.0 Å². The lowest BCUT2D eigenvalue weighted by Crippen LogP contribution is -2.33. The van der Waals surface area contributed by atoms with Crippen LogP contribution in [0.15, 0.2) is 46.0 Å². The van der Waals surface area contributed by atoms with Gasteiger partial charge in [0.05, 0.1) is 27.5 Å². The third kappa shape index (κ3) is 6.97. The summed E-state index contributed by atoms with van der Waals surface area (Å²) in [7, 11) is 0. The maximum absolute atomic E-state index is 14.0. The monoisotopic (exact) mass is 601 g/mol. The summed E-state index contributed by atoms with van der Waals surface area (Å²) in [6.45, 7) is 6.37. The van der Waals surface area contributed by atoms with Gasteiger partial charge < -0.3 is 15.2 Å². The molecular weight excluding hydrogens is 580 g/mol. The average Bonchev–Trinajstić information content (AvgIpc) is 3.21. The van der Waals surface area contributed by atoms with Crippen molar-refractivity contribution in [3.63, 3.8) is 0 Å². The number of carbonyl (C=O) groups is 2. The van der Waals surface area contributed by atoms with E-state index in [2.05, 4.69) is 36.8 Å². The van der Waals surface area contributed by atoms with Gasteiger partial charge in [0.15, 0.2) is 11.0 Å². The van der Waals surface area contributed by atoms with Gasteiger partial charge in [-0.1, -0.05) is 64.7 Å². The largest absolute Gasteiger partial charge is 0.342 e. The van der Waals surface area contributed by atoms with Crippen molar-refractivity contribution in [2.75, 3.05) is 11.1 Å². The van der Waals surface area contributed by atoms with Gasteiger partial charge in [-0.15, -0.1) is 10.2 Å². The number of halogens is 4. The van der Waals surface area contributed by atoms with Gasteiger partial charge in [-0.2, -0.15) is 0 Å². The van der Waals surface area contributed by atoms with Gasteiger partial charge in [0, 0.05) is 16.6 Å². The van der Waals surface area contributed by atoms with Crippen molar-refractivity contribution in [1.82, 2.24) is 20.1 Å². The Morgan fingerprint density at radius 2 is 1.89 bits per heavy atom. The van der Waals surface area contributed by atoms with E-state index in [-0.39, 0.29) is 34.2 Å². The Morgan fingerprint density at radius 3 is 2.51 bits per heavy atom. The summed E-state index contributed by atoms with van der Waals surface area (Å²) in [6.07, 6.45) is 0. The second kappa shape index (κ2) is 12.2. The molecule has 2 N–H and O–H groups in total. The number of hydrogen-bond donors (Lipinski definition) is 2. The number of amides is 2. The first-order valence-electron chi connectivity index (χ1n) is 10.7. The fourth-order valence-corrected chi connectivity index (χ4v) is 4.67. The second-order valence-corrected chi connectivity index (χ2v) is 10.5. The zero-order valence-corrected chi connectivity index (χ0v) is 23.0. The quantitative estimate of drug-likeness (QED) is 0.278. The number of carbonyl (C=O) groups excluding carboxylic acids is 2. The van der Waals surface area contributed by atoms with E-state index in [9.17, 15) is 14.0 Å². The van der Waals surface area contributed by atoms with Crippen LogP contribution in [-0.2, 0) is 11.3 Å². The van der Waals surface area contributed by atoms with Crippen molar-refractivity contribution in [3.05, 3.63) is 68.1 Å². The van der Waals surface area contributed by atoms with Gasteiger partial charge in [0.1, 0.15) is 5.82 Å². The van der Waals surface area contributed by atoms with Crippen molar-refractivity contribution < 1.29 is 14.0 Å². The van der Waals surface area contributed by atoms with Gasteiger partial charge >= 0.3 is 0 Å². The molecule has 7 nitrogen and oxygen atoms in total. The van der Waals surface area contributed by atoms with Crippen molar-refractivity contribution in [2.45, 2.75) is 38.5 Å². The molecule has 0 saturated carbocycles. The summed E-state index contributed by atoms with van der Waals surface area (Å²) in [5.74, 6) is -0.658. The SMILES string of the molecule is CCn1c(SCC(=O)Nc2ccc(Br)cc2F)nnc1[C@@H](NC(=O)c1ccc(Cl)c(Cl)c1)C(C)C. The van der Waals surface area contributed by atoms with Crippen LogP contribution in [0, 0.1) is 11.7 Å². The van der Waals surface area contributed by atoms with Crippen LogP contribution < -0.4 is 10.6 Å². The third-order valence-electron chi connectivity index (χ3n) is 5.01. The fourth-order valence-electron chi connectivity index (χ4n) is 3.23. The van der Waals surface area contributed by atoms with Crippen LogP contribution in [0.1, 0.15) is 43.0 Å². The van der Waals surface area contributed by atoms with Crippen LogP contribution in [0.4, 0.5) is 10.1 Å². The van der Waals surface area contributed by atoms with Gasteiger partial charge in [0.2, 0.25) is 5.91 Å². The first-order chi connectivity index (χ1) is 16.6. The summed E-state index contributed by atoms with van der Waals surface area (Å²) in [6, 6.07) is 8.64. The minimum Gasteiger partial charge on any atom is -0.342 e. The van der Waals surface area contributed by atoms with Gasteiger partial charge in [-0.3, -0.25) is 9.59 Å². The molecule has 0 aliphatic rings. The van der Waals surface area contributed by atoms with Crippen LogP contribution in [0.5, 0.6) is 0 Å². The lowest BCUT2D eigenvalue weighted by molar-refractivity contribution is -0.113. The number of nitrogens with one attached hydrogen (secondary N) is 2. The molecule has 0 aliphatic heterocycles. The normalized spacial score (nSPS) is 12.0. The molecule has 186 valence electrons. The summed E-state index contributed by atoms with van der Waals surface area (Å²) < 4.78 is 16.4. The Bertz CT molecular complexity index is 1240. The lowest BCUT2D eigenvalue weighted by atomic mass is 10.0. The van der Waals surface area contributed by atoms with E-state index in [1.54, 1.807) is 18.2 Å². The van der Waals surface area contributed by atoms with Crippen LogP contribution in [-0.4, -0.2) is 32.3 Å². The van der Waals surface area contributed by atoms with Crippen LogP contribution in [0.3, 0.4) is 0 Å². The summed E-state index contributed by atoms with van der Waals surface area (Å²) in [4.78, 5) is 25.3. The van der Waals surface area contributed by atoms with Gasteiger partial charge in [0.25, 0.3) is 5.91 Å². The number of thioether (sulfide) groups is 1. The van der Waals surface area contributed by atoms with Crippen LogP contribution >= 0.6 is 50.9 Å². The Kier molecular flexibility index (Phi) is 9.57. The predicted molar refractivity (Wildman–Crippen MR) is 141 cm³/mol. The van der Waals surface area contributed by atoms with E-state index in [1.165, 1.54) is 30.0 Å². The second-order valence-electron chi connectivity index (χ2n) is 7.87. The molecule has 0 fully saturated rings. The fraction of sp³-hybridized carbons (Fsp3) is 0.304. The predicted octanol–water partition coefficient (Wildman–Crippen LogP) is 6.36. The molecule has 2 aromatic carbocycles. The van der Waals surface area contributed by atoms with E-state index in [0.29, 0.717) is 32.6 Å². The minimum absolute atomic E-state index is 0.00208. The molecule has 0 spiro atoms. The molecule has 0 radical (unpaired) electrons. The van der Waals surface area contributed by atoms with E-state index >= 15 is 0 Å². The van der Waals surface area contributed by atoms with E-state index in [0.717, 1.165) is 0 Å². The van der Waals surface area contributed by atoms with Crippen molar-refractivity contribution in [2.24, 2.45) is 5.92 Å². The Hall–Kier alpha value is -2.14. The first-order valence-corrected chi connectivity index (χ1v) is 13.2. The van der Waals surface area contributed by atoms with Crippen molar-refractivity contribution in [1.29, 1.82) is 0 Å². The Morgan fingerprint density at radius 1 is 1.14 bits per heavy atom. The molecule has 0 saturated heterocycles. The van der Waals surface area contributed by atoms with Gasteiger partial charge in [-0.25, -0.2) is 4.39 Å². The van der Waals surface area contributed by atoms with Crippen LogP contribution in [0.25, 0.3) is 0 Å². The van der Waals surface area contributed by atoms with E-state index in [1.807, 2.05) is 25.3 Å². The number of hydrogen-bond acceptors (Lipinski definition) is 5. The maximum Gasteiger partial charge on any atom is 0.251 e. The highest BCUT2D eigenvalue weighted by molar-refractivity contribution is 9.10. The molecular formula is C23H23BrCl2FN5O2S. The smallest absolute Gasteiger partial charge is 0.251 e. The lowest BCUT2D eigenvalue weighted by Gasteiger charge is -2.22. The standard InChI is InChI=1S/C23H23BrCl2FN5O2S/c1-4-32-21(20(12(2)3)29-22(34)13-5-7-15(25)16(26)9-13)30-31-23(32)35-11-19(33)28-18-8-6-14(24)10-17(18)27/h5-10,12,20H,4,11H2,1-3H3,(H,28,33)(H,29,34)/t20-/m0/s1. The molecule has 0 unspecified atom stereocenters. The number of benzene rings is 2. The highest BCUT2D eigenvalue weighted by atomic mass is 79.9. The van der Waals surface area contributed by atoms with Crippen molar-refractivity contribution >= 4 is 68.4 Å². The zero-order valence-electron chi connectivity index (χ0n) is 19.1. The van der Waals surface area contributed by atoms with Crippen molar-refractivity contribution in [3.8, 4) is 0 Å². The molecule has 3 rings (SSSR count). The first kappa shape index (κ1) is 27.4. The number of aromatic nitrogens is 3. The number of nitrogens with zero attached hydrogens (tertiary/aromatic N) is 3. The Balaban J connectivity index is 1.72. The highest BCUT2D eigenvalue weighted by Crippen LogP contribution is 2.27. The molecule has 3 aromatic rings. The Labute approximate surface area is 225 Å². The number of anilines is 1. The average molecular weight is 603 g/mol. The summed E-state index contributed by atoms with van der Waals surface area (Å²) >= 11 is 16.4. The van der Waals surface area contributed by atoms with Gasteiger partial charge in [-0.05, 0) is 49.2 Å².